The Labute approximate surface area is 106 Å². The van der Waals surface area contributed by atoms with E-state index in [9.17, 15) is 8.42 Å². The molecule has 2 rings (SSSR count). The minimum Gasteiger partial charge on any atom is -0.399 e. The van der Waals surface area contributed by atoms with Gasteiger partial charge in [-0.15, -0.1) is 0 Å². The third kappa shape index (κ3) is 2.80. The fourth-order valence-electron chi connectivity index (χ4n) is 1.72. The number of hydrogen-bond donors (Lipinski definition) is 2. The summed E-state index contributed by atoms with van der Waals surface area (Å²) in [6.07, 6.45) is 5.32. The average Bonchev–Trinajstić information content (AvgIpc) is 2.73. The first kappa shape index (κ1) is 12.4. The van der Waals surface area contributed by atoms with Crippen LogP contribution in [0.15, 0.2) is 35.2 Å². The second-order valence-electron chi connectivity index (χ2n) is 3.95. The molecule has 1 aromatic rings. The molecule has 0 bridgehead atoms. The van der Waals surface area contributed by atoms with Crippen LogP contribution in [0, 0.1) is 0 Å². The molecule has 0 spiro atoms. The molecule has 0 aliphatic heterocycles. The molecule has 0 aromatic heterocycles. The first-order chi connectivity index (χ1) is 7.99. The summed E-state index contributed by atoms with van der Waals surface area (Å²) in [4.78, 5) is 0.0334. The van der Waals surface area contributed by atoms with Gasteiger partial charge in [-0.05, 0) is 31.0 Å². The second kappa shape index (κ2) is 4.68. The monoisotopic (exact) mass is 272 g/mol. The summed E-state index contributed by atoms with van der Waals surface area (Å²) in [6, 6.07) is 4.33. The van der Waals surface area contributed by atoms with Crippen LogP contribution >= 0.6 is 11.6 Å². The van der Waals surface area contributed by atoms with Crippen LogP contribution in [-0.4, -0.2) is 14.5 Å². The molecular formula is C11H13ClN2O2S. The van der Waals surface area contributed by atoms with Crippen LogP contribution in [0.2, 0.25) is 5.02 Å². The number of hydrogen-bond acceptors (Lipinski definition) is 3. The lowest BCUT2D eigenvalue weighted by Gasteiger charge is -2.13. The van der Waals surface area contributed by atoms with Crippen molar-refractivity contribution in [1.82, 2.24) is 4.72 Å². The number of benzene rings is 1. The summed E-state index contributed by atoms with van der Waals surface area (Å²) < 4.78 is 26.8. The van der Waals surface area contributed by atoms with Gasteiger partial charge in [-0.3, -0.25) is 0 Å². The van der Waals surface area contributed by atoms with Crippen molar-refractivity contribution in [3.05, 3.63) is 35.4 Å². The van der Waals surface area contributed by atoms with Gasteiger partial charge in [0.1, 0.15) is 4.90 Å². The molecule has 0 heterocycles. The fourth-order valence-corrected chi connectivity index (χ4v) is 3.52. The maximum atomic E-state index is 12.1. The van der Waals surface area contributed by atoms with Crippen molar-refractivity contribution in [1.29, 1.82) is 0 Å². The molecular weight excluding hydrogens is 260 g/mol. The molecule has 0 saturated heterocycles. The molecule has 4 nitrogen and oxygen atoms in total. The van der Waals surface area contributed by atoms with E-state index >= 15 is 0 Å². The number of rotatable bonds is 3. The van der Waals surface area contributed by atoms with E-state index in [1.54, 1.807) is 6.07 Å². The van der Waals surface area contributed by atoms with Gasteiger partial charge in [-0.2, -0.15) is 0 Å². The average molecular weight is 273 g/mol. The van der Waals surface area contributed by atoms with Crippen molar-refractivity contribution in [2.24, 2.45) is 0 Å². The maximum absolute atomic E-state index is 12.1. The highest BCUT2D eigenvalue weighted by Crippen LogP contribution is 2.24. The minimum absolute atomic E-state index is 0.0334. The van der Waals surface area contributed by atoms with Crippen LogP contribution < -0.4 is 10.5 Å². The van der Waals surface area contributed by atoms with Crippen LogP contribution in [0.5, 0.6) is 0 Å². The van der Waals surface area contributed by atoms with Crippen molar-refractivity contribution < 1.29 is 8.42 Å². The summed E-state index contributed by atoms with van der Waals surface area (Å²) in [7, 11) is -3.60. The van der Waals surface area contributed by atoms with Gasteiger partial charge in [0.2, 0.25) is 10.0 Å². The summed E-state index contributed by atoms with van der Waals surface area (Å²) in [5, 5.41) is 0.178. The molecule has 0 radical (unpaired) electrons. The number of sulfonamides is 1. The second-order valence-corrected chi connectivity index (χ2v) is 6.04. The molecule has 17 heavy (non-hydrogen) atoms. The summed E-state index contributed by atoms with van der Waals surface area (Å²) >= 11 is 5.88. The van der Waals surface area contributed by atoms with Crippen LogP contribution in [0.3, 0.4) is 0 Å². The molecule has 6 heteroatoms. The number of nitrogens with two attached hydrogens (primary N) is 1. The third-order valence-corrected chi connectivity index (χ3v) is 4.58. The van der Waals surface area contributed by atoms with Crippen molar-refractivity contribution in [2.45, 2.75) is 23.8 Å². The van der Waals surface area contributed by atoms with Crippen molar-refractivity contribution in [3.8, 4) is 0 Å². The first-order valence-corrected chi connectivity index (χ1v) is 7.07. The lowest BCUT2D eigenvalue weighted by atomic mass is 10.3. The van der Waals surface area contributed by atoms with Gasteiger partial charge in [0.05, 0.1) is 5.02 Å². The van der Waals surface area contributed by atoms with Gasteiger partial charge < -0.3 is 5.73 Å². The lowest BCUT2D eigenvalue weighted by Crippen LogP contribution is -2.33. The quantitative estimate of drug-likeness (QED) is 0.652. The number of anilines is 1. The summed E-state index contributed by atoms with van der Waals surface area (Å²) in [5.41, 5.74) is 5.94. The largest absolute Gasteiger partial charge is 0.399 e. The molecule has 1 aromatic carbocycles. The Morgan fingerprint density at radius 3 is 2.59 bits per heavy atom. The number of nitrogen functional groups attached to an aromatic ring is 1. The Balaban J connectivity index is 2.27. The van der Waals surface area contributed by atoms with E-state index in [1.165, 1.54) is 12.1 Å². The Bertz CT molecular complexity index is 547. The lowest BCUT2D eigenvalue weighted by molar-refractivity contribution is 0.557. The molecule has 0 fully saturated rings. The SMILES string of the molecule is Nc1ccc(Cl)c(S(=O)(=O)NC2CC=CC2)c1. The van der Waals surface area contributed by atoms with Crippen molar-refractivity contribution in [3.63, 3.8) is 0 Å². The van der Waals surface area contributed by atoms with E-state index in [1.807, 2.05) is 12.2 Å². The van der Waals surface area contributed by atoms with E-state index in [0.29, 0.717) is 18.5 Å². The molecule has 3 N–H and O–H groups in total. The molecule has 0 saturated carbocycles. The Kier molecular flexibility index (Phi) is 3.42. The van der Waals surface area contributed by atoms with E-state index in [-0.39, 0.29) is 16.0 Å². The molecule has 92 valence electrons. The van der Waals surface area contributed by atoms with E-state index in [2.05, 4.69) is 4.72 Å². The van der Waals surface area contributed by atoms with Gasteiger partial charge in [-0.25, -0.2) is 13.1 Å². The zero-order chi connectivity index (χ0) is 12.5. The van der Waals surface area contributed by atoms with Crippen LogP contribution in [0.1, 0.15) is 12.8 Å². The van der Waals surface area contributed by atoms with Gasteiger partial charge in [0.25, 0.3) is 0 Å². The summed E-state index contributed by atoms with van der Waals surface area (Å²) in [5.74, 6) is 0. The van der Waals surface area contributed by atoms with Gasteiger partial charge in [-0.1, -0.05) is 23.8 Å². The molecule has 1 aliphatic rings. The predicted molar refractivity (Wildman–Crippen MR) is 68.3 cm³/mol. The van der Waals surface area contributed by atoms with Crippen LogP contribution in [0.25, 0.3) is 0 Å². The minimum atomic E-state index is -3.60. The third-order valence-electron chi connectivity index (χ3n) is 2.57. The topological polar surface area (TPSA) is 72.2 Å². The highest BCUT2D eigenvalue weighted by molar-refractivity contribution is 7.89. The molecule has 0 amide bonds. The number of nitrogens with one attached hydrogen (secondary N) is 1. The molecule has 0 unspecified atom stereocenters. The van der Waals surface area contributed by atoms with Crippen molar-refractivity contribution in [2.75, 3.05) is 5.73 Å². The van der Waals surface area contributed by atoms with E-state index in [4.69, 9.17) is 17.3 Å². The van der Waals surface area contributed by atoms with Crippen LogP contribution in [0.4, 0.5) is 5.69 Å². The first-order valence-electron chi connectivity index (χ1n) is 5.21. The van der Waals surface area contributed by atoms with Gasteiger partial charge in [0.15, 0.2) is 0 Å². The van der Waals surface area contributed by atoms with E-state index in [0.717, 1.165) is 0 Å². The zero-order valence-corrected chi connectivity index (χ0v) is 10.6. The number of halogens is 1. The zero-order valence-electron chi connectivity index (χ0n) is 9.06. The Morgan fingerprint density at radius 2 is 1.94 bits per heavy atom. The van der Waals surface area contributed by atoms with Gasteiger partial charge in [0, 0.05) is 11.7 Å². The molecule has 0 atom stereocenters. The maximum Gasteiger partial charge on any atom is 0.242 e. The Morgan fingerprint density at radius 1 is 1.29 bits per heavy atom. The normalized spacial score (nSPS) is 16.5. The predicted octanol–water partition coefficient (Wildman–Crippen LogP) is 1.92. The Hall–Kier alpha value is -1.04. The molecule has 1 aliphatic carbocycles. The van der Waals surface area contributed by atoms with Crippen molar-refractivity contribution >= 4 is 27.3 Å². The highest BCUT2D eigenvalue weighted by Gasteiger charge is 2.22. The van der Waals surface area contributed by atoms with Crippen LogP contribution in [-0.2, 0) is 10.0 Å². The fraction of sp³-hybridized carbons (Fsp3) is 0.273. The highest BCUT2D eigenvalue weighted by atomic mass is 35.5. The standard InChI is InChI=1S/C11H13ClN2O2S/c12-10-6-5-8(13)7-11(10)17(15,16)14-9-3-1-2-4-9/h1-2,5-7,9,14H,3-4,13H2. The smallest absolute Gasteiger partial charge is 0.242 e. The van der Waals surface area contributed by atoms with Gasteiger partial charge >= 0.3 is 0 Å². The summed E-state index contributed by atoms with van der Waals surface area (Å²) in [6.45, 7) is 0. The van der Waals surface area contributed by atoms with E-state index < -0.39 is 10.0 Å².